The van der Waals surface area contributed by atoms with Crippen molar-refractivity contribution in [1.29, 1.82) is 0 Å². The third-order valence-corrected chi connectivity index (χ3v) is 2.36. The van der Waals surface area contributed by atoms with Crippen molar-refractivity contribution in [3.8, 4) is 0 Å². The fourth-order valence-corrected chi connectivity index (χ4v) is 1.10. The molecule has 3 N–H and O–H groups in total. The summed E-state index contributed by atoms with van der Waals surface area (Å²) in [5, 5.41) is 13.2. The van der Waals surface area contributed by atoms with Crippen LogP contribution in [0.15, 0.2) is 0 Å². The van der Waals surface area contributed by atoms with Crippen molar-refractivity contribution >= 4 is 11.8 Å². The molecule has 0 saturated carbocycles. The number of hydrogen-bond acceptors (Lipinski definition) is 3. The first kappa shape index (κ1) is 17.7. The van der Waals surface area contributed by atoms with Crippen LogP contribution in [0.2, 0.25) is 0 Å². The number of aliphatic hydroxyl groups excluding tert-OH is 1. The van der Waals surface area contributed by atoms with E-state index in [1.54, 1.807) is 20.8 Å². The van der Waals surface area contributed by atoms with Crippen molar-refractivity contribution in [3.05, 3.63) is 0 Å². The minimum Gasteiger partial charge on any atom is -0.393 e. The molecule has 8 heteroatoms. The van der Waals surface area contributed by atoms with Crippen molar-refractivity contribution in [2.24, 2.45) is 5.41 Å². The first-order valence-electron chi connectivity index (χ1n) is 5.74. The van der Waals surface area contributed by atoms with Gasteiger partial charge in [0.15, 0.2) is 0 Å². The molecule has 0 rings (SSSR count). The maximum atomic E-state index is 11.8. The van der Waals surface area contributed by atoms with Crippen molar-refractivity contribution < 1.29 is 27.9 Å². The number of halogens is 3. The Balaban J connectivity index is 3.96. The molecule has 2 amide bonds. The zero-order valence-corrected chi connectivity index (χ0v) is 11.1. The summed E-state index contributed by atoms with van der Waals surface area (Å²) in [5.74, 6) is -2.49. The third kappa shape index (κ3) is 8.41. The van der Waals surface area contributed by atoms with E-state index in [-0.39, 0.29) is 18.4 Å². The molecule has 0 aliphatic carbocycles. The quantitative estimate of drug-likeness (QED) is 0.661. The zero-order valence-electron chi connectivity index (χ0n) is 11.1. The average Bonchev–Trinajstić information content (AvgIpc) is 2.23. The highest BCUT2D eigenvalue weighted by molar-refractivity contribution is 6.35. The van der Waals surface area contributed by atoms with Gasteiger partial charge in [-0.3, -0.25) is 9.59 Å². The van der Waals surface area contributed by atoms with E-state index in [0.717, 1.165) is 0 Å². The SMILES string of the molecule is CC(C)(C)C(O)CCNC(=O)C(=O)NCC(F)(F)F. The van der Waals surface area contributed by atoms with Crippen LogP contribution in [-0.4, -0.2) is 42.3 Å². The van der Waals surface area contributed by atoms with Crippen LogP contribution in [0.25, 0.3) is 0 Å². The summed E-state index contributed by atoms with van der Waals surface area (Å²) >= 11 is 0. The summed E-state index contributed by atoms with van der Waals surface area (Å²) < 4.78 is 35.4. The number of carbonyl (C=O) groups excluding carboxylic acids is 2. The van der Waals surface area contributed by atoms with Gasteiger partial charge in [-0.1, -0.05) is 20.8 Å². The number of hydrogen-bond donors (Lipinski definition) is 3. The highest BCUT2D eigenvalue weighted by atomic mass is 19.4. The van der Waals surface area contributed by atoms with Gasteiger partial charge >= 0.3 is 18.0 Å². The van der Waals surface area contributed by atoms with Crippen molar-refractivity contribution in [1.82, 2.24) is 10.6 Å². The van der Waals surface area contributed by atoms with Gasteiger partial charge in [-0.2, -0.15) is 13.2 Å². The van der Waals surface area contributed by atoms with E-state index in [4.69, 9.17) is 0 Å². The van der Waals surface area contributed by atoms with Crippen LogP contribution in [-0.2, 0) is 9.59 Å². The first-order chi connectivity index (χ1) is 8.43. The third-order valence-electron chi connectivity index (χ3n) is 2.36. The van der Waals surface area contributed by atoms with Crippen LogP contribution in [0, 0.1) is 5.41 Å². The maximum absolute atomic E-state index is 11.8. The van der Waals surface area contributed by atoms with E-state index in [9.17, 15) is 27.9 Å². The second-order valence-corrected chi connectivity index (χ2v) is 5.22. The zero-order chi connectivity index (χ0) is 15.3. The summed E-state index contributed by atoms with van der Waals surface area (Å²) in [7, 11) is 0. The lowest BCUT2D eigenvalue weighted by Crippen LogP contribution is -2.44. The molecular formula is C11H19F3N2O3. The number of aliphatic hydroxyl groups is 1. The fraction of sp³-hybridized carbons (Fsp3) is 0.818. The lowest BCUT2D eigenvalue weighted by atomic mass is 9.87. The minimum atomic E-state index is -4.56. The number of amides is 2. The normalized spacial score (nSPS) is 13.8. The van der Waals surface area contributed by atoms with E-state index in [2.05, 4.69) is 5.32 Å². The summed E-state index contributed by atoms with van der Waals surface area (Å²) in [6, 6.07) is 0. The smallest absolute Gasteiger partial charge is 0.393 e. The predicted octanol–water partition coefficient (Wildman–Crippen LogP) is 0.578. The van der Waals surface area contributed by atoms with Crippen molar-refractivity contribution in [3.63, 3.8) is 0 Å². The maximum Gasteiger partial charge on any atom is 0.405 e. The Bertz CT molecular complexity index is 324. The molecule has 0 aromatic carbocycles. The molecule has 1 unspecified atom stereocenters. The second-order valence-electron chi connectivity index (χ2n) is 5.22. The van der Waals surface area contributed by atoms with E-state index in [0.29, 0.717) is 0 Å². The van der Waals surface area contributed by atoms with Crippen LogP contribution in [0.3, 0.4) is 0 Å². The van der Waals surface area contributed by atoms with Gasteiger partial charge in [0.2, 0.25) is 0 Å². The number of nitrogens with one attached hydrogen (secondary N) is 2. The van der Waals surface area contributed by atoms with Crippen molar-refractivity contribution in [2.75, 3.05) is 13.1 Å². The number of rotatable bonds is 4. The Labute approximate surface area is 109 Å². The van der Waals surface area contributed by atoms with Crippen LogP contribution in [0.4, 0.5) is 13.2 Å². The lowest BCUT2D eigenvalue weighted by Gasteiger charge is -2.25. The largest absolute Gasteiger partial charge is 0.405 e. The molecule has 0 aromatic rings. The number of alkyl halides is 3. The molecule has 0 aromatic heterocycles. The molecule has 0 radical (unpaired) electrons. The van der Waals surface area contributed by atoms with E-state index >= 15 is 0 Å². The van der Waals surface area contributed by atoms with E-state index < -0.39 is 30.6 Å². The molecule has 0 heterocycles. The molecule has 0 spiro atoms. The molecule has 5 nitrogen and oxygen atoms in total. The lowest BCUT2D eigenvalue weighted by molar-refractivity contribution is -0.146. The van der Waals surface area contributed by atoms with Gasteiger partial charge < -0.3 is 15.7 Å². The molecular weight excluding hydrogens is 265 g/mol. The molecule has 0 bridgehead atoms. The van der Waals surface area contributed by atoms with Crippen LogP contribution in [0.5, 0.6) is 0 Å². The Kier molecular flexibility index (Phi) is 6.28. The second kappa shape index (κ2) is 6.74. The van der Waals surface area contributed by atoms with Gasteiger partial charge in [-0.15, -0.1) is 0 Å². The monoisotopic (exact) mass is 284 g/mol. The topological polar surface area (TPSA) is 78.4 Å². The van der Waals surface area contributed by atoms with Gasteiger partial charge in [-0.25, -0.2) is 0 Å². The van der Waals surface area contributed by atoms with Gasteiger partial charge in [0.1, 0.15) is 6.54 Å². The highest BCUT2D eigenvalue weighted by Crippen LogP contribution is 2.20. The molecule has 0 aliphatic heterocycles. The Morgan fingerprint density at radius 1 is 1.11 bits per heavy atom. The summed E-state index contributed by atoms with van der Waals surface area (Å²) in [4.78, 5) is 22.1. The standard InChI is InChI=1S/C11H19F3N2O3/c1-10(2,3)7(17)4-5-15-8(18)9(19)16-6-11(12,13)14/h7,17H,4-6H2,1-3H3,(H,15,18)(H,16,19). The number of carbonyl (C=O) groups is 2. The van der Waals surface area contributed by atoms with Crippen LogP contribution >= 0.6 is 0 Å². The Hall–Kier alpha value is -1.31. The molecule has 1 atom stereocenters. The van der Waals surface area contributed by atoms with Gasteiger partial charge in [-0.05, 0) is 11.8 Å². The summed E-state index contributed by atoms with van der Waals surface area (Å²) in [6.45, 7) is 3.86. The minimum absolute atomic E-state index is 0.0106. The molecule has 0 fully saturated rings. The van der Waals surface area contributed by atoms with E-state index in [1.165, 1.54) is 5.32 Å². The first-order valence-corrected chi connectivity index (χ1v) is 5.74. The molecule has 0 aliphatic rings. The average molecular weight is 284 g/mol. The predicted molar refractivity (Wildman–Crippen MR) is 62.2 cm³/mol. The van der Waals surface area contributed by atoms with Gasteiger partial charge in [0.05, 0.1) is 6.10 Å². The fourth-order valence-electron chi connectivity index (χ4n) is 1.10. The van der Waals surface area contributed by atoms with Gasteiger partial charge in [0, 0.05) is 6.54 Å². The molecule has 0 saturated heterocycles. The molecule has 19 heavy (non-hydrogen) atoms. The Morgan fingerprint density at radius 3 is 2.00 bits per heavy atom. The van der Waals surface area contributed by atoms with Crippen molar-refractivity contribution in [2.45, 2.75) is 39.5 Å². The van der Waals surface area contributed by atoms with Gasteiger partial charge in [0.25, 0.3) is 0 Å². The summed E-state index contributed by atoms with van der Waals surface area (Å²) in [6.07, 6.45) is -5.04. The summed E-state index contributed by atoms with van der Waals surface area (Å²) in [5.41, 5.74) is -0.372. The van der Waals surface area contributed by atoms with E-state index in [1.807, 2.05) is 0 Å². The molecule has 112 valence electrons. The van der Waals surface area contributed by atoms with Crippen LogP contribution < -0.4 is 10.6 Å². The Morgan fingerprint density at radius 2 is 1.58 bits per heavy atom. The van der Waals surface area contributed by atoms with Crippen LogP contribution in [0.1, 0.15) is 27.2 Å². The highest BCUT2D eigenvalue weighted by Gasteiger charge is 2.29.